The number of carbonyl (C=O) groups is 2. The van der Waals surface area contributed by atoms with Gasteiger partial charge in [-0.3, -0.25) is 14.5 Å². The monoisotopic (exact) mass is 729 g/mol. The van der Waals surface area contributed by atoms with Crippen molar-refractivity contribution in [1.29, 1.82) is 0 Å². The minimum absolute atomic E-state index is 0.0188. The molecule has 3 aromatic rings. The van der Waals surface area contributed by atoms with Crippen LogP contribution in [0.25, 0.3) is 11.3 Å². The summed E-state index contributed by atoms with van der Waals surface area (Å²) in [5.41, 5.74) is 3.77. The summed E-state index contributed by atoms with van der Waals surface area (Å²) in [6.45, 7) is 9.26. The molecule has 3 aliphatic heterocycles. The highest BCUT2D eigenvalue weighted by molar-refractivity contribution is 5.93. The van der Waals surface area contributed by atoms with E-state index in [2.05, 4.69) is 12.1 Å². The first-order chi connectivity index (χ1) is 25.3. The lowest BCUT2D eigenvalue weighted by atomic mass is 9.73. The molecule has 4 heterocycles. The number of hydrogen-bond acceptors (Lipinski definition) is 5. The number of aliphatic hydroxyl groups excluding tert-OH is 1. The number of alkyl halides is 1. The molecule has 1 saturated carbocycles. The normalized spacial score (nSPS) is 27.4. The van der Waals surface area contributed by atoms with Crippen molar-refractivity contribution in [2.24, 2.45) is 5.41 Å². The fourth-order valence-electron chi connectivity index (χ4n) is 8.62. The van der Waals surface area contributed by atoms with Crippen LogP contribution in [0.2, 0.25) is 0 Å². The molecule has 0 radical (unpaired) electrons. The van der Waals surface area contributed by atoms with Crippen LogP contribution in [-0.4, -0.2) is 85.7 Å². The Morgan fingerprint density at radius 3 is 2.49 bits per heavy atom. The maximum absolute atomic E-state index is 16.3. The molecule has 2 amide bonds. The largest absolute Gasteiger partial charge is 0.384 e. The van der Waals surface area contributed by atoms with E-state index < -0.39 is 47.3 Å². The first kappa shape index (κ1) is 37.1. The molecule has 7 rings (SSSR count). The number of fused-ring (bicyclic) bond motifs is 8. The second-order valence-electron chi connectivity index (χ2n) is 16.3. The molecule has 1 aliphatic carbocycles. The van der Waals surface area contributed by atoms with Gasteiger partial charge in [0, 0.05) is 55.6 Å². The Kier molecular flexibility index (Phi) is 10.4. The van der Waals surface area contributed by atoms with Crippen molar-refractivity contribution in [3.05, 3.63) is 101 Å². The van der Waals surface area contributed by atoms with Crippen molar-refractivity contribution in [2.45, 2.75) is 103 Å². The van der Waals surface area contributed by atoms with E-state index in [0.717, 1.165) is 73.5 Å². The number of carbonyl (C=O) groups excluding carboxylic acids is 2. The predicted molar refractivity (Wildman–Crippen MR) is 197 cm³/mol. The lowest BCUT2D eigenvalue weighted by Gasteiger charge is -2.44. The van der Waals surface area contributed by atoms with Crippen LogP contribution < -0.4 is 0 Å². The molecule has 282 valence electrons. The Bertz CT molecular complexity index is 1930. The van der Waals surface area contributed by atoms with E-state index in [-0.39, 0.29) is 42.7 Å². The molecule has 0 spiro atoms. The topological polar surface area (TPSA) is 81.9 Å². The van der Waals surface area contributed by atoms with Crippen molar-refractivity contribution in [3.63, 3.8) is 0 Å². The van der Waals surface area contributed by atoms with Gasteiger partial charge in [-0.25, -0.2) is 18.2 Å². The Morgan fingerprint density at radius 1 is 1.00 bits per heavy atom. The fourth-order valence-corrected chi connectivity index (χ4v) is 8.62. The summed E-state index contributed by atoms with van der Waals surface area (Å²) in [6.07, 6.45) is 7.97. The second-order valence-corrected chi connectivity index (χ2v) is 16.3. The van der Waals surface area contributed by atoms with Crippen LogP contribution in [0.5, 0.6) is 0 Å². The van der Waals surface area contributed by atoms with E-state index >= 15 is 8.78 Å². The number of allylic oxidation sites excluding steroid dienone is 2. The number of amides is 2. The highest BCUT2D eigenvalue weighted by Crippen LogP contribution is 2.46. The van der Waals surface area contributed by atoms with Crippen LogP contribution in [0.3, 0.4) is 0 Å². The molecule has 11 heteroatoms. The predicted octanol–water partition coefficient (Wildman–Crippen LogP) is 7.30. The zero-order valence-electron chi connectivity index (χ0n) is 31.1. The number of aliphatic hydroxyl groups is 1. The van der Waals surface area contributed by atoms with E-state index in [1.54, 1.807) is 12.3 Å². The Labute approximate surface area is 310 Å². The number of rotatable bonds is 2. The summed E-state index contributed by atoms with van der Waals surface area (Å²) in [5, 5.41) is 10.8. The number of aromatic nitrogens is 2. The zero-order chi connectivity index (χ0) is 37.6. The molecule has 2 aromatic carbocycles. The summed E-state index contributed by atoms with van der Waals surface area (Å²) >= 11 is 0. The molecular formula is C42H50F3N5O3. The highest BCUT2D eigenvalue weighted by Gasteiger charge is 2.48. The number of hydrogen-bond donors (Lipinski definition) is 1. The third-order valence-corrected chi connectivity index (χ3v) is 11.3. The Balaban J connectivity index is 1.37. The van der Waals surface area contributed by atoms with Crippen molar-refractivity contribution in [1.82, 2.24) is 24.3 Å². The number of benzene rings is 2. The van der Waals surface area contributed by atoms with Crippen molar-refractivity contribution < 1.29 is 27.9 Å². The van der Waals surface area contributed by atoms with Gasteiger partial charge in [0.2, 0.25) is 0 Å². The van der Waals surface area contributed by atoms with Gasteiger partial charge in [-0.2, -0.15) is 0 Å². The molecule has 4 bridgehead atoms. The van der Waals surface area contributed by atoms with Gasteiger partial charge in [-0.05, 0) is 85.5 Å². The lowest BCUT2D eigenvalue weighted by Crippen LogP contribution is -2.54. The minimum Gasteiger partial charge on any atom is -0.384 e. The summed E-state index contributed by atoms with van der Waals surface area (Å²) in [6, 6.07) is 9.77. The van der Waals surface area contributed by atoms with Gasteiger partial charge in [0.15, 0.2) is 0 Å². The Hall–Kier alpha value is -4.22. The average molecular weight is 730 g/mol. The highest BCUT2D eigenvalue weighted by atomic mass is 19.1. The van der Waals surface area contributed by atoms with Crippen LogP contribution in [0, 0.1) is 17.0 Å². The molecule has 1 saturated heterocycles. The zero-order valence-corrected chi connectivity index (χ0v) is 31.1. The standard InChI is InChI=1S/C42H50F3N5O3/c1-26(51)41(53)50-37-25-47(23-34(37)45)18-7-5-6-8-19-49-36(16-17-38(49)52)31-14-13-30(31)28-11-9-10-27(20-28)22-48-24-35(32-21-29(43)12-15-33(32)44)46-40(48)39(50)42(2,3)4/h9-12,15-17,20-21,24,26,30,34,37,39,51H,5-8,13-14,18-19,22-23,25H2,1-4H3/b36-31-/t26-,30?,34-,37+,39-/m0/s1. The molecule has 4 aliphatic rings. The molecule has 53 heavy (non-hydrogen) atoms. The van der Waals surface area contributed by atoms with E-state index in [1.807, 2.05) is 53.3 Å². The van der Waals surface area contributed by atoms with Gasteiger partial charge in [-0.1, -0.05) is 57.9 Å². The van der Waals surface area contributed by atoms with E-state index in [9.17, 15) is 19.1 Å². The van der Waals surface area contributed by atoms with Gasteiger partial charge in [0.1, 0.15) is 29.7 Å². The van der Waals surface area contributed by atoms with Crippen LogP contribution in [0.1, 0.15) is 95.1 Å². The smallest absolute Gasteiger partial charge is 0.252 e. The van der Waals surface area contributed by atoms with Crippen molar-refractivity contribution in [2.75, 3.05) is 26.2 Å². The first-order valence-electron chi connectivity index (χ1n) is 19.0. The number of halogens is 3. The summed E-state index contributed by atoms with van der Waals surface area (Å²) in [4.78, 5) is 37.5. The molecular weight excluding hydrogens is 679 g/mol. The number of nitrogens with zero attached hydrogens (tertiary/aromatic N) is 5. The maximum Gasteiger partial charge on any atom is 0.252 e. The van der Waals surface area contributed by atoms with Gasteiger partial charge < -0.3 is 19.5 Å². The maximum atomic E-state index is 16.3. The van der Waals surface area contributed by atoms with Gasteiger partial charge in [0.05, 0.1) is 17.8 Å². The molecule has 8 nitrogen and oxygen atoms in total. The SMILES string of the molecule is C[C@H](O)C(=O)N1[C@@H]2CN(CCCCCCN3C(=O)C=C/C3=C3\CCC3c3cccc(c3)Cn3cc(-c4cc(F)ccc4F)nc3[C@H]1C(C)(C)C)C[C@@H]2F. The van der Waals surface area contributed by atoms with Crippen LogP contribution in [0.15, 0.2) is 72.1 Å². The molecule has 6 atom stereocenters. The summed E-state index contributed by atoms with van der Waals surface area (Å²) in [5.74, 6) is -1.30. The van der Waals surface area contributed by atoms with Crippen molar-refractivity contribution in [3.8, 4) is 11.3 Å². The van der Waals surface area contributed by atoms with Gasteiger partial charge >= 0.3 is 0 Å². The molecule has 2 unspecified atom stereocenters. The van der Waals surface area contributed by atoms with E-state index in [0.29, 0.717) is 18.9 Å². The van der Waals surface area contributed by atoms with Crippen LogP contribution in [-0.2, 0) is 16.1 Å². The van der Waals surface area contributed by atoms with Crippen molar-refractivity contribution >= 4 is 11.8 Å². The minimum atomic E-state index is -1.40. The molecule has 1 aromatic heterocycles. The lowest BCUT2D eigenvalue weighted by molar-refractivity contribution is -0.149. The molecule has 2 fully saturated rings. The van der Waals surface area contributed by atoms with E-state index in [1.165, 1.54) is 17.4 Å². The molecule has 1 N–H and O–H groups in total. The third-order valence-electron chi connectivity index (χ3n) is 11.3. The second kappa shape index (κ2) is 14.9. The van der Waals surface area contributed by atoms with E-state index in [4.69, 9.17) is 4.98 Å². The fraction of sp³-hybridized carbons (Fsp3) is 0.500. The first-order valence-corrected chi connectivity index (χ1v) is 19.0. The summed E-state index contributed by atoms with van der Waals surface area (Å²) in [7, 11) is 0. The van der Waals surface area contributed by atoms with Crippen LogP contribution >= 0.6 is 0 Å². The quantitative estimate of drug-likeness (QED) is 0.300. The van der Waals surface area contributed by atoms with Gasteiger partial charge in [-0.15, -0.1) is 0 Å². The van der Waals surface area contributed by atoms with Crippen LogP contribution in [0.4, 0.5) is 13.2 Å². The number of imidazole rings is 1. The average Bonchev–Trinajstić information content (AvgIpc) is 3.77. The van der Waals surface area contributed by atoms with Gasteiger partial charge in [0.25, 0.3) is 11.8 Å². The Morgan fingerprint density at radius 2 is 1.77 bits per heavy atom. The summed E-state index contributed by atoms with van der Waals surface area (Å²) < 4.78 is 48.0. The third kappa shape index (κ3) is 7.47.